The van der Waals surface area contributed by atoms with E-state index in [1.165, 1.54) is 6.07 Å². The summed E-state index contributed by atoms with van der Waals surface area (Å²) in [6.45, 7) is 7.92. The summed E-state index contributed by atoms with van der Waals surface area (Å²) in [6.07, 6.45) is 1.22. The summed E-state index contributed by atoms with van der Waals surface area (Å²) in [7, 11) is 0. The van der Waals surface area contributed by atoms with E-state index >= 15 is 0 Å². The Morgan fingerprint density at radius 2 is 1.68 bits per heavy atom. The van der Waals surface area contributed by atoms with E-state index in [0.717, 1.165) is 0 Å². The summed E-state index contributed by atoms with van der Waals surface area (Å²) in [5.41, 5.74) is -0.662. The largest absolute Gasteiger partial charge is 0.366 e. The number of benzene rings is 1. The van der Waals surface area contributed by atoms with Crippen molar-refractivity contribution in [1.29, 1.82) is 0 Å². The summed E-state index contributed by atoms with van der Waals surface area (Å²) in [5.74, 6) is -0.491. The summed E-state index contributed by atoms with van der Waals surface area (Å²) in [5, 5.41) is 2.94. The van der Waals surface area contributed by atoms with Crippen LogP contribution in [0.5, 0.6) is 0 Å². The average Bonchev–Trinajstić information content (AvgIpc) is 3.35. The van der Waals surface area contributed by atoms with Gasteiger partial charge in [0.1, 0.15) is 11.2 Å². The van der Waals surface area contributed by atoms with Crippen LogP contribution in [0, 0.1) is 11.2 Å². The molecule has 5 nitrogen and oxygen atoms in total. The number of rotatable bonds is 3. The van der Waals surface area contributed by atoms with Gasteiger partial charge in [-0.05, 0) is 45.7 Å². The van der Waals surface area contributed by atoms with E-state index in [-0.39, 0.29) is 23.2 Å². The molecule has 1 saturated carbocycles. The fourth-order valence-corrected chi connectivity index (χ4v) is 3.28. The third-order valence-electron chi connectivity index (χ3n) is 4.84. The summed E-state index contributed by atoms with van der Waals surface area (Å²) < 4.78 is 13.9. The number of nitrogens with one attached hydrogen (secondary N) is 1. The zero-order valence-corrected chi connectivity index (χ0v) is 15.1. The number of nitrogens with zero attached hydrogens (tertiary/aromatic N) is 2. The van der Waals surface area contributed by atoms with Gasteiger partial charge in [0.2, 0.25) is 11.8 Å². The molecular weight excluding hydrogens is 321 g/mol. The van der Waals surface area contributed by atoms with Crippen LogP contribution in [-0.2, 0) is 9.59 Å². The van der Waals surface area contributed by atoms with Gasteiger partial charge in [-0.1, -0.05) is 12.1 Å². The predicted molar refractivity (Wildman–Crippen MR) is 94.8 cm³/mol. The molecule has 1 saturated heterocycles. The standard InChI is InChI=1S/C19H26FN3O2/c1-18(2,3)21-16(24)19(8-9-19)17(25)23-12-10-22(11-13-23)15-7-5-4-6-14(15)20/h4-7H,8-13H2,1-3H3,(H,21,24). The number of carbonyl (C=O) groups is 2. The van der Waals surface area contributed by atoms with Gasteiger partial charge in [-0.3, -0.25) is 9.59 Å². The van der Waals surface area contributed by atoms with Gasteiger partial charge in [0.05, 0.1) is 5.69 Å². The predicted octanol–water partition coefficient (Wildman–Crippen LogP) is 2.17. The molecule has 1 aliphatic heterocycles. The Morgan fingerprint density at radius 3 is 2.20 bits per heavy atom. The molecule has 6 heteroatoms. The number of carbonyl (C=O) groups excluding carboxylic acids is 2. The molecule has 2 amide bonds. The number of hydrogen-bond donors (Lipinski definition) is 1. The highest BCUT2D eigenvalue weighted by Gasteiger charge is 2.58. The second-order valence-electron chi connectivity index (χ2n) is 8.02. The average molecular weight is 347 g/mol. The van der Waals surface area contributed by atoms with Gasteiger partial charge in [-0.2, -0.15) is 0 Å². The van der Waals surface area contributed by atoms with Crippen LogP contribution < -0.4 is 10.2 Å². The third kappa shape index (κ3) is 3.62. The van der Waals surface area contributed by atoms with Crippen LogP contribution in [0.1, 0.15) is 33.6 Å². The first kappa shape index (κ1) is 17.7. The monoisotopic (exact) mass is 347 g/mol. The number of amides is 2. The Labute approximate surface area is 148 Å². The third-order valence-corrected chi connectivity index (χ3v) is 4.84. The van der Waals surface area contributed by atoms with Gasteiger partial charge in [0.15, 0.2) is 0 Å². The van der Waals surface area contributed by atoms with Gasteiger partial charge in [-0.25, -0.2) is 4.39 Å². The minimum atomic E-state index is -0.882. The Bertz CT molecular complexity index is 671. The highest BCUT2D eigenvalue weighted by molar-refractivity contribution is 6.08. The van der Waals surface area contributed by atoms with Crippen molar-refractivity contribution in [3.05, 3.63) is 30.1 Å². The van der Waals surface area contributed by atoms with Gasteiger partial charge in [0.25, 0.3) is 0 Å². The van der Waals surface area contributed by atoms with Crippen LogP contribution in [0.4, 0.5) is 10.1 Å². The zero-order valence-electron chi connectivity index (χ0n) is 15.1. The minimum Gasteiger partial charge on any atom is -0.366 e. The van der Waals surface area contributed by atoms with Crippen LogP contribution in [0.2, 0.25) is 0 Å². The molecule has 0 aromatic heterocycles. The Balaban J connectivity index is 1.62. The van der Waals surface area contributed by atoms with Crippen LogP contribution >= 0.6 is 0 Å². The maximum Gasteiger partial charge on any atom is 0.238 e. The molecule has 1 heterocycles. The van der Waals surface area contributed by atoms with Crippen molar-refractivity contribution in [2.24, 2.45) is 5.41 Å². The second-order valence-corrected chi connectivity index (χ2v) is 8.02. The summed E-state index contributed by atoms with van der Waals surface area (Å²) in [6, 6.07) is 6.68. The van der Waals surface area contributed by atoms with E-state index in [2.05, 4.69) is 5.32 Å². The van der Waals surface area contributed by atoms with Crippen molar-refractivity contribution >= 4 is 17.5 Å². The lowest BCUT2D eigenvalue weighted by molar-refractivity contribution is -0.145. The first-order valence-corrected chi connectivity index (χ1v) is 8.84. The topological polar surface area (TPSA) is 52.7 Å². The molecular formula is C19H26FN3O2. The van der Waals surface area contributed by atoms with E-state index in [9.17, 15) is 14.0 Å². The number of para-hydroxylation sites is 1. The smallest absolute Gasteiger partial charge is 0.238 e. The van der Waals surface area contributed by atoms with Crippen LogP contribution in [0.3, 0.4) is 0 Å². The van der Waals surface area contributed by atoms with Gasteiger partial charge < -0.3 is 15.1 Å². The molecule has 2 fully saturated rings. The molecule has 25 heavy (non-hydrogen) atoms. The van der Waals surface area contributed by atoms with E-state index < -0.39 is 5.41 Å². The van der Waals surface area contributed by atoms with E-state index in [4.69, 9.17) is 0 Å². The normalized spacial score (nSPS) is 19.5. The van der Waals surface area contributed by atoms with Crippen molar-refractivity contribution < 1.29 is 14.0 Å². The molecule has 1 aliphatic carbocycles. The highest BCUT2D eigenvalue weighted by atomic mass is 19.1. The van der Waals surface area contributed by atoms with Gasteiger partial charge in [0, 0.05) is 31.7 Å². The molecule has 0 radical (unpaired) electrons. The Hall–Kier alpha value is -2.11. The Kier molecular flexibility index (Phi) is 4.47. The molecule has 136 valence electrons. The van der Waals surface area contributed by atoms with Gasteiger partial charge in [-0.15, -0.1) is 0 Å². The van der Waals surface area contributed by atoms with Crippen molar-refractivity contribution in [1.82, 2.24) is 10.2 Å². The molecule has 1 aromatic rings. The Morgan fingerprint density at radius 1 is 1.08 bits per heavy atom. The minimum absolute atomic E-state index is 0.0811. The number of anilines is 1. The first-order valence-electron chi connectivity index (χ1n) is 8.84. The van der Waals surface area contributed by atoms with Crippen molar-refractivity contribution in [2.75, 3.05) is 31.1 Å². The lowest BCUT2D eigenvalue weighted by Crippen LogP contribution is -2.55. The fourth-order valence-electron chi connectivity index (χ4n) is 3.28. The summed E-state index contributed by atoms with van der Waals surface area (Å²) in [4.78, 5) is 29.1. The molecule has 0 atom stereocenters. The number of halogens is 1. The molecule has 2 aliphatic rings. The van der Waals surface area contributed by atoms with Crippen LogP contribution in [0.25, 0.3) is 0 Å². The summed E-state index contributed by atoms with van der Waals surface area (Å²) >= 11 is 0. The molecule has 1 aromatic carbocycles. The highest BCUT2D eigenvalue weighted by Crippen LogP contribution is 2.48. The number of hydrogen-bond acceptors (Lipinski definition) is 3. The van der Waals surface area contributed by atoms with Crippen LogP contribution in [-0.4, -0.2) is 48.4 Å². The van der Waals surface area contributed by atoms with E-state index in [0.29, 0.717) is 44.7 Å². The van der Waals surface area contributed by atoms with Gasteiger partial charge >= 0.3 is 0 Å². The molecule has 0 unspecified atom stereocenters. The van der Waals surface area contributed by atoms with Crippen molar-refractivity contribution in [2.45, 2.75) is 39.2 Å². The van der Waals surface area contributed by atoms with Crippen molar-refractivity contribution in [3.63, 3.8) is 0 Å². The molecule has 1 N–H and O–H groups in total. The lowest BCUT2D eigenvalue weighted by atomic mass is 10.0. The molecule has 0 spiro atoms. The zero-order chi connectivity index (χ0) is 18.2. The molecule has 0 bridgehead atoms. The molecule has 3 rings (SSSR count). The van der Waals surface area contributed by atoms with Crippen LogP contribution in [0.15, 0.2) is 24.3 Å². The SMILES string of the molecule is CC(C)(C)NC(=O)C1(C(=O)N2CCN(c3ccccc3F)CC2)CC1. The number of piperazine rings is 1. The lowest BCUT2D eigenvalue weighted by Gasteiger charge is -2.38. The van der Waals surface area contributed by atoms with E-state index in [1.807, 2.05) is 31.7 Å². The maximum atomic E-state index is 13.9. The first-order chi connectivity index (χ1) is 11.7. The fraction of sp³-hybridized carbons (Fsp3) is 0.579. The van der Waals surface area contributed by atoms with E-state index in [1.54, 1.807) is 17.0 Å². The quantitative estimate of drug-likeness (QED) is 0.853. The van der Waals surface area contributed by atoms with Crippen molar-refractivity contribution in [3.8, 4) is 0 Å². The second kappa shape index (κ2) is 6.32. The maximum absolute atomic E-state index is 13.9.